The van der Waals surface area contributed by atoms with Crippen molar-refractivity contribution >= 4 is 11.4 Å². The summed E-state index contributed by atoms with van der Waals surface area (Å²) in [6.07, 6.45) is 6.15. The smallest absolute Gasteiger partial charge is 0.163 e. The van der Waals surface area contributed by atoms with Crippen LogP contribution in [0.1, 0.15) is 32.3 Å². The summed E-state index contributed by atoms with van der Waals surface area (Å²) in [6, 6.07) is 10.3. The number of carbonyl (C=O) groups excluding carboxylic acids is 1. The van der Waals surface area contributed by atoms with E-state index in [0.717, 1.165) is 12.8 Å². The summed E-state index contributed by atoms with van der Waals surface area (Å²) in [4.78, 5) is 12.2. The third-order valence-electron chi connectivity index (χ3n) is 4.44. The lowest BCUT2D eigenvalue weighted by Gasteiger charge is -2.42. The Balaban J connectivity index is 2.10. The molecule has 18 heavy (non-hydrogen) atoms. The predicted octanol–water partition coefficient (Wildman–Crippen LogP) is 4.02. The Morgan fingerprint density at radius 3 is 2.67 bits per heavy atom. The third-order valence-corrected chi connectivity index (χ3v) is 4.44. The Bertz CT molecular complexity index is 550. The Morgan fingerprint density at radius 2 is 1.94 bits per heavy atom. The van der Waals surface area contributed by atoms with Gasteiger partial charge in [-0.3, -0.25) is 4.79 Å². The Labute approximate surface area is 108 Å². The van der Waals surface area contributed by atoms with Crippen LogP contribution in [0, 0.1) is 11.3 Å². The van der Waals surface area contributed by atoms with Crippen LogP contribution in [0.4, 0.5) is 0 Å². The summed E-state index contributed by atoms with van der Waals surface area (Å²) < 4.78 is 0. The topological polar surface area (TPSA) is 17.1 Å². The van der Waals surface area contributed by atoms with E-state index in [1.54, 1.807) is 0 Å². The van der Waals surface area contributed by atoms with Crippen LogP contribution in [0.25, 0.3) is 5.57 Å². The number of ketones is 1. The quantitative estimate of drug-likeness (QED) is 0.675. The second kappa shape index (κ2) is 3.94. The van der Waals surface area contributed by atoms with Crippen LogP contribution in [-0.4, -0.2) is 5.78 Å². The minimum absolute atomic E-state index is 0.121. The largest absolute Gasteiger partial charge is 0.294 e. The average Bonchev–Trinajstić information content (AvgIpc) is 2.39. The van der Waals surface area contributed by atoms with E-state index in [-0.39, 0.29) is 17.1 Å². The van der Waals surface area contributed by atoms with Gasteiger partial charge in [-0.15, -0.1) is 0 Å². The highest BCUT2D eigenvalue weighted by Crippen LogP contribution is 2.51. The van der Waals surface area contributed by atoms with E-state index in [1.807, 2.05) is 24.3 Å². The number of benzene rings is 1. The zero-order valence-electron chi connectivity index (χ0n) is 10.9. The SMILES string of the molecule is CC1=CC[C@]2(C)C[C@H]1C(=O)C=C2c1ccccc1. The van der Waals surface area contributed by atoms with Crippen molar-refractivity contribution in [3.05, 3.63) is 53.6 Å². The molecule has 0 spiro atoms. The molecule has 1 aromatic carbocycles. The molecule has 2 atom stereocenters. The van der Waals surface area contributed by atoms with E-state index in [0.29, 0.717) is 0 Å². The first-order valence-corrected chi connectivity index (χ1v) is 6.58. The maximum atomic E-state index is 12.2. The van der Waals surface area contributed by atoms with Gasteiger partial charge in [-0.25, -0.2) is 0 Å². The van der Waals surface area contributed by atoms with Crippen molar-refractivity contribution in [1.82, 2.24) is 0 Å². The van der Waals surface area contributed by atoms with Gasteiger partial charge in [0.25, 0.3) is 0 Å². The standard InChI is InChI=1S/C17H18O/c1-12-8-9-17(2)11-14(12)16(18)10-15(17)13-6-4-3-5-7-13/h3-8,10,14H,9,11H2,1-2H3/t14-,17-/m1/s1. The minimum atomic E-state index is 0.121. The van der Waals surface area contributed by atoms with Crippen LogP contribution in [0.15, 0.2) is 48.1 Å². The van der Waals surface area contributed by atoms with Crippen molar-refractivity contribution in [3.8, 4) is 0 Å². The van der Waals surface area contributed by atoms with Gasteiger partial charge in [-0.1, -0.05) is 48.9 Å². The predicted molar refractivity (Wildman–Crippen MR) is 74.0 cm³/mol. The summed E-state index contributed by atoms with van der Waals surface area (Å²) in [6.45, 7) is 4.37. The number of fused-ring (bicyclic) bond motifs is 2. The first kappa shape index (κ1) is 11.5. The molecular weight excluding hydrogens is 220 g/mol. The van der Waals surface area contributed by atoms with Crippen LogP contribution >= 0.6 is 0 Å². The third kappa shape index (κ3) is 1.66. The molecule has 2 aliphatic carbocycles. The Kier molecular flexibility index (Phi) is 2.51. The summed E-state index contributed by atoms with van der Waals surface area (Å²) in [5.74, 6) is 0.399. The van der Waals surface area contributed by atoms with Gasteiger partial charge >= 0.3 is 0 Å². The molecule has 0 fully saturated rings. The van der Waals surface area contributed by atoms with Crippen molar-refractivity contribution < 1.29 is 4.79 Å². The highest BCUT2D eigenvalue weighted by Gasteiger charge is 2.41. The number of hydrogen-bond donors (Lipinski definition) is 0. The first-order chi connectivity index (χ1) is 8.60. The molecule has 0 unspecified atom stereocenters. The molecule has 3 rings (SSSR count). The van der Waals surface area contributed by atoms with Crippen LogP contribution < -0.4 is 0 Å². The monoisotopic (exact) mass is 238 g/mol. The summed E-state index contributed by atoms with van der Waals surface area (Å²) in [7, 11) is 0. The van der Waals surface area contributed by atoms with Crippen LogP contribution in [0.3, 0.4) is 0 Å². The fraction of sp³-hybridized carbons (Fsp3) is 0.353. The first-order valence-electron chi connectivity index (χ1n) is 6.58. The molecule has 1 nitrogen and oxygen atoms in total. The van der Waals surface area contributed by atoms with Crippen molar-refractivity contribution in [2.75, 3.05) is 0 Å². The number of rotatable bonds is 1. The van der Waals surface area contributed by atoms with Gasteiger partial charge in [-0.2, -0.15) is 0 Å². The molecule has 1 aromatic rings. The summed E-state index contributed by atoms with van der Waals surface area (Å²) in [5.41, 5.74) is 3.79. The molecule has 0 amide bonds. The lowest BCUT2D eigenvalue weighted by Crippen LogP contribution is -2.34. The van der Waals surface area contributed by atoms with E-state index in [2.05, 4.69) is 32.1 Å². The van der Waals surface area contributed by atoms with Gasteiger partial charge in [0, 0.05) is 5.92 Å². The number of hydrogen-bond acceptors (Lipinski definition) is 1. The number of carbonyl (C=O) groups is 1. The van der Waals surface area contributed by atoms with Crippen molar-refractivity contribution in [3.63, 3.8) is 0 Å². The lowest BCUT2D eigenvalue weighted by molar-refractivity contribution is -0.118. The molecule has 1 heteroatoms. The van der Waals surface area contributed by atoms with Crippen LogP contribution in [-0.2, 0) is 4.79 Å². The maximum Gasteiger partial charge on any atom is 0.163 e. The summed E-state index contributed by atoms with van der Waals surface area (Å²) >= 11 is 0. The maximum absolute atomic E-state index is 12.2. The van der Waals surface area contributed by atoms with E-state index in [9.17, 15) is 4.79 Å². The lowest BCUT2D eigenvalue weighted by atomic mass is 9.61. The highest BCUT2D eigenvalue weighted by atomic mass is 16.1. The molecule has 2 bridgehead atoms. The molecule has 0 N–H and O–H groups in total. The molecule has 0 aliphatic heterocycles. The highest BCUT2D eigenvalue weighted by molar-refractivity contribution is 6.03. The zero-order chi connectivity index (χ0) is 12.8. The molecule has 0 aromatic heterocycles. The van der Waals surface area contributed by atoms with Gasteiger partial charge in [-0.05, 0) is 42.4 Å². The van der Waals surface area contributed by atoms with Gasteiger partial charge in [0.2, 0.25) is 0 Å². The van der Waals surface area contributed by atoms with Crippen molar-refractivity contribution in [2.45, 2.75) is 26.7 Å². The molecule has 0 heterocycles. The van der Waals surface area contributed by atoms with E-state index >= 15 is 0 Å². The molecule has 0 radical (unpaired) electrons. The van der Waals surface area contributed by atoms with Crippen LogP contribution in [0.2, 0.25) is 0 Å². The molecular formula is C17H18O. The van der Waals surface area contributed by atoms with Crippen molar-refractivity contribution in [2.24, 2.45) is 11.3 Å². The normalized spacial score (nSPS) is 30.8. The minimum Gasteiger partial charge on any atom is -0.294 e. The Morgan fingerprint density at radius 1 is 1.22 bits per heavy atom. The summed E-state index contributed by atoms with van der Waals surface area (Å²) in [5, 5.41) is 0. The second-order valence-electron chi connectivity index (χ2n) is 5.80. The van der Waals surface area contributed by atoms with Crippen molar-refractivity contribution in [1.29, 1.82) is 0 Å². The van der Waals surface area contributed by atoms with E-state index in [1.165, 1.54) is 16.7 Å². The molecule has 2 aliphatic rings. The van der Waals surface area contributed by atoms with Gasteiger partial charge < -0.3 is 0 Å². The average molecular weight is 238 g/mol. The Hall–Kier alpha value is -1.63. The van der Waals surface area contributed by atoms with E-state index < -0.39 is 0 Å². The van der Waals surface area contributed by atoms with Gasteiger partial charge in [0.15, 0.2) is 5.78 Å². The number of allylic oxidation sites excluding steroid dienone is 4. The van der Waals surface area contributed by atoms with Crippen LogP contribution in [0.5, 0.6) is 0 Å². The fourth-order valence-corrected chi connectivity index (χ4v) is 3.23. The second-order valence-corrected chi connectivity index (χ2v) is 5.80. The molecule has 0 saturated heterocycles. The van der Waals surface area contributed by atoms with E-state index in [4.69, 9.17) is 0 Å². The zero-order valence-corrected chi connectivity index (χ0v) is 10.9. The molecule has 92 valence electrons. The fourth-order valence-electron chi connectivity index (χ4n) is 3.23. The van der Waals surface area contributed by atoms with Gasteiger partial charge in [0.05, 0.1) is 0 Å². The molecule has 0 saturated carbocycles. The van der Waals surface area contributed by atoms with Gasteiger partial charge in [0.1, 0.15) is 0 Å².